The van der Waals surface area contributed by atoms with Crippen LogP contribution in [0, 0.1) is 5.41 Å². The van der Waals surface area contributed by atoms with E-state index in [0.717, 1.165) is 19.5 Å². The van der Waals surface area contributed by atoms with Crippen molar-refractivity contribution in [3.8, 4) is 0 Å². The highest BCUT2D eigenvalue weighted by atomic mass is 16.6. The topological polar surface area (TPSA) is 79.9 Å². The van der Waals surface area contributed by atoms with Crippen LogP contribution < -0.4 is 10.6 Å². The third kappa shape index (κ3) is 8.05. The average Bonchev–Trinajstić information content (AvgIpc) is 2.50. The van der Waals surface area contributed by atoms with Gasteiger partial charge in [0.1, 0.15) is 5.60 Å². The minimum absolute atomic E-state index is 0.186. The van der Waals surface area contributed by atoms with Crippen LogP contribution in [0.4, 0.5) is 4.79 Å². The molecule has 0 radical (unpaired) electrons. The van der Waals surface area contributed by atoms with Gasteiger partial charge in [-0.2, -0.15) is 0 Å². The first-order chi connectivity index (χ1) is 11.5. The van der Waals surface area contributed by atoms with Gasteiger partial charge in [-0.15, -0.1) is 0 Å². The molecule has 7 heteroatoms. The van der Waals surface area contributed by atoms with Gasteiger partial charge in [-0.3, -0.25) is 4.79 Å². The van der Waals surface area contributed by atoms with Crippen LogP contribution in [0.15, 0.2) is 0 Å². The van der Waals surface area contributed by atoms with E-state index >= 15 is 0 Å². The van der Waals surface area contributed by atoms with Gasteiger partial charge in [0.05, 0.1) is 12.0 Å². The molecule has 0 aromatic carbocycles. The van der Waals surface area contributed by atoms with E-state index < -0.39 is 11.0 Å². The molecule has 1 rings (SSSR count). The zero-order valence-corrected chi connectivity index (χ0v) is 16.6. The van der Waals surface area contributed by atoms with Crippen molar-refractivity contribution < 1.29 is 19.1 Å². The molecule has 146 valence electrons. The number of hydrogen-bond acceptors (Lipinski definition) is 6. The number of carbonyl (C=O) groups is 2. The van der Waals surface area contributed by atoms with Gasteiger partial charge in [-0.05, 0) is 54.5 Å². The Bertz CT molecular complexity index is 446. The van der Waals surface area contributed by atoms with Gasteiger partial charge in [0, 0.05) is 32.2 Å². The van der Waals surface area contributed by atoms with Crippen LogP contribution in [0.2, 0.25) is 0 Å². The molecular weight excluding hydrogens is 322 g/mol. The largest absolute Gasteiger partial charge is 0.466 e. The molecule has 1 aliphatic heterocycles. The van der Waals surface area contributed by atoms with E-state index in [1.165, 1.54) is 0 Å². The molecule has 0 spiro atoms. The molecule has 1 heterocycles. The molecule has 7 nitrogen and oxygen atoms in total. The number of esters is 1. The fraction of sp³-hybridized carbons (Fsp3) is 0.889. The number of piperazine rings is 1. The van der Waals surface area contributed by atoms with Crippen molar-refractivity contribution >= 4 is 12.1 Å². The van der Waals surface area contributed by atoms with E-state index in [9.17, 15) is 9.59 Å². The van der Waals surface area contributed by atoms with Gasteiger partial charge in [0.15, 0.2) is 0 Å². The van der Waals surface area contributed by atoms with E-state index in [-0.39, 0.29) is 18.1 Å². The van der Waals surface area contributed by atoms with Crippen molar-refractivity contribution in [2.45, 2.75) is 59.6 Å². The van der Waals surface area contributed by atoms with Crippen LogP contribution in [0.5, 0.6) is 0 Å². The molecule has 1 atom stereocenters. The van der Waals surface area contributed by atoms with Crippen molar-refractivity contribution in [3.05, 3.63) is 0 Å². The first kappa shape index (κ1) is 21.7. The number of nitrogens with zero attached hydrogens (tertiary/aromatic N) is 1. The average molecular weight is 357 g/mol. The molecule has 0 aliphatic carbocycles. The minimum atomic E-state index is -0.543. The lowest BCUT2D eigenvalue weighted by atomic mass is 9.93. The van der Waals surface area contributed by atoms with Crippen LogP contribution in [0.3, 0.4) is 0 Å². The predicted molar refractivity (Wildman–Crippen MR) is 97.5 cm³/mol. The summed E-state index contributed by atoms with van der Waals surface area (Å²) < 4.78 is 10.5. The van der Waals surface area contributed by atoms with Crippen LogP contribution >= 0.6 is 0 Å². The lowest BCUT2D eigenvalue weighted by Gasteiger charge is -2.35. The summed E-state index contributed by atoms with van der Waals surface area (Å²) in [6.07, 6.45) is 0.619. The second-order valence-electron chi connectivity index (χ2n) is 8.15. The summed E-state index contributed by atoms with van der Waals surface area (Å²) in [7, 11) is 0. The number of nitrogens with one attached hydrogen (secondary N) is 2. The third-order valence-electron chi connectivity index (χ3n) is 3.97. The molecule has 2 N–H and O–H groups in total. The minimum Gasteiger partial charge on any atom is -0.466 e. The van der Waals surface area contributed by atoms with Crippen LogP contribution in [0.25, 0.3) is 0 Å². The van der Waals surface area contributed by atoms with Gasteiger partial charge < -0.3 is 25.0 Å². The zero-order chi connectivity index (χ0) is 19.1. The summed E-state index contributed by atoms with van der Waals surface area (Å²) in [6, 6.07) is 0.222. The van der Waals surface area contributed by atoms with Gasteiger partial charge in [-0.25, -0.2) is 4.79 Å². The monoisotopic (exact) mass is 357 g/mol. The van der Waals surface area contributed by atoms with Gasteiger partial charge in [0.25, 0.3) is 0 Å². The molecule has 1 aliphatic rings. The van der Waals surface area contributed by atoms with E-state index in [4.69, 9.17) is 9.47 Å². The van der Waals surface area contributed by atoms with E-state index in [1.807, 2.05) is 41.5 Å². The standard InChI is InChI=1S/C18H35N3O4/c1-7-24-15(22)18(5,6)13-19-9-8-14-12-21(11-10-20-14)16(23)25-17(2,3)4/h14,19-20H,7-13H2,1-6H3/t14-/m0/s1. The van der Waals surface area contributed by atoms with Crippen molar-refractivity contribution in [2.24, 2.45) is 5.41 Å². The fourth-order valence-electron chi connectivity index (χ4n) is 2.59. The molecule has 0 bridgehead atoms. The molecule has 25 heavy (non-hydrogen) atoms. The Morgan fingerprint density at radius 2 is 1.92 bits per heavy atom. The highest BCUT2D eigenvalue weighted by Crippen LogP contribution is 2.16. The SMILES string of the molecule is CCOC(=O)C(C)(C)CNCC[C@H]1CN(C(=O)OC(C)(C)C)CCN1. The highest BCUT2D eigenvalue weighted by Gasteiger charge is 2.29. The molecule has 0 saturated carbocycles. The maximum atomic E-state index is 12.2. The van der Waals surface area contributed by atoms with Crippen molar-refractivity contribution in [3.63, 3.8) is 0 Å². The predicted octanol–water partition coefficient (Wildman–Crippen LogP) is 1.76. The normalized spacial score (nSPS) is 18.8. The maximum Gasteiger partial charge on any atom is 0.410 e. The Balaban J connectivity index is 2.33. The second kappa shape index (κ2) is 9.38. The van der Waals surface area contributed by atoms with E-state index in [2.05, 4.69) is 10.6 Å². The molecule has 0 aromatic heterocycles. The van der Waals surface area contributed by atoms with Crippen LogP contribution in [-0.2, 0) is 14.3 Å². The van der Waals surface area contributed by atoms with Crippen LogP contribution in [-0.4, -0.2) is 67.9 Å². The Morgan fingerprint density at radius 3 is 2.52 bits per heavy atom. The first-order valence-electron chi connectivity index (χ1n) is 9.14. The summed E-state index contributed by atoms with van der Waals surface area (Å²) in [5, 5.41) is 6.75. The quantitative estimate of drug-likeness (QED) is 0.534. The summed E-state index contributed by atoms with van der Waals surface area (Å²) in [5.74, 6) is -0.186. The van der Waals surface area contributed by atoms with Crippen molar-refractivity contribution in [1.82, 2.24) is 15.5 Å². The summed E-state index contributed by atoms with van der Waals surface area (Å²) >= 11 is 0. The van der Waals surface area contributed by atoms with Crippen molar-refractivity contribution in [2.75, 3.05) is 39.3 Å². The molecule has 1 saturated heterocycles. The number of carbonyl (C=O) groups excluding carboxylic acids is 2. The Labute approximate surface area is 151 Å². The molecule has 0 unspecified atom stereocenters. The van der Waals surface area contributed by atoms with Crippen molar-refractivity contribution in [1.29, 1.82) is 0 Å². The number of rotatable bonds is 7. The Morgan fingerprint density at radius 1 is 1.24 bits per heavy atom. The van der Waals surface area contributed by atoms with Gasteiger partial charge >= 0.3 is 12.1 Å². The summed E-state index contributed by atoms with van der Waals surface area (Å²) in [5.41, 5.74) is -1.02. The lowest BCUT2D eigenvalue weighted by Crippen LogP contribution is -2.54. The Kier molecular flexibility index (Phi) is 8.15. The second-order valence-corrected chi connectivity index (χ2v) is 8.15. The van der Waals surface area contributed by atoms with E-state index in [0.29, 0.717) is 26.2 Å². The van der Waals surface area contributed by atoms with Gasteiger partial charge in [0.2, 0.25) is 0 Å². The molecule has 1 amide bonds. The first-order valence-corrected chi connectivity index (χ1v) is 9.14. The number of amides is 1. The number of ether oxygens (including phenoxy) is 2. The number of hydrogen-bond donors (Lipinski definition) is 2. The third-order valence-corrected chi connectivity index (χ3v) is 3.97. The van der Waals surface area contributed by atoms with Crippen LogP contribution in [0.1, 0.15) is 48.0 Å². The lowest BCUT2D eigenvalue weighted by molar-refractivity contribution is -0.153. The fourth-order valence-corrected chi connectivity index (χ4v) is 2.59. The maximum absolute atomic E-state index is 12.2. The zero-order valence-electron chi connectivity index (χ0n) is 16.6. The smallest absolute Gasteiger partial charge is 0.410 e. The molecule has 0 aromatic rings. The molecule has 1 fully saturated rings. The van der Waals surface area contributed by atoms with Gasteiger partial charge in [-0.1, -0.05) is 0 Å². The summed E-state index contributed by atoms with van der Waals surface area (Å²) in [6.45, 7) is 15.0. The Hall–Kier alpha value is -1.34. The molecular formula is C18H35N3O4. The summed E-state index contributed by atoms with van der Waals surface area (Å²) in [4.78, 5) is 25.8. The highest BCUT2D eigenvalue weighted by molar-refractivity contribution is 5.76. The van der Waals surface area contributed by atoms with E-state index in [1.54, 1.807) is 4.90 Å².